The zero-order valence-corrected chi connectivity index (χ0v) is 15.4. The predicted molar refractivity (Wildman–Crippen MR) is 98.5 cm³/mol. The number of benzene rings is 1. The molecule has 8 heteroatoms. The fraction of sp³-hybridized carbons (Fsp3) is 0.312. The van der Waals surface area contributed by atoms with Crippen molar-refractivity contribution in [2.75, 3.05) is 6.54 Å². The minimum Gasteiger partial charge on any atom is -0.357 e. The minimum atomic E-state index is -3.66. The first-order valence-corrected chi connectivity index (χ1v) is 9.94. The minimum absolute atomic E-state index is 0.105. The summed E-state index contributed by atoms with van der Waals surface area (Å²) in [5.41, 5.74) is 0.909. The molecular formula is C16H22N4O2S2. The van der Waals surface area contributed by atoms with Crippen LogP contribution in [0, 0.1) is 6.92 Å². The summed E-state index contributed by atoms with van der Waals surface area (Å²) in [7, 11) is -3.66. The van der Waals surface area contributed by atoms with E-state index in [-0.39, 0.29) is 4.90 Å². The van der Waals surface area contributed by atoms with Gasteiger partial charge in [-0.15, -0.1) is 11.3 Å². The van der Waals surface area contributed by atoms with Gasteiger partial charge in [-0.25, -0.2) is 18.5 Å². The summed E-state index contributed by atoms with van der Waals surface area (Å²) >= 11 is 1.75. The van der Waals surface area contributed by atoms with Crippen LogP contribution in [0.25, 0.3) is 0 Å². The molecule has 0 aliphatic heterocycles. The van der Waals surface area contributed by atoms with Crippen molar-refractivity contribution in [1.82, 2.24) is 10.6 Å². The Bertz CT molecular complexity index is 796. The molecule has 0 aliphatic rings. The molecule has 4 N–H and O–H groups in total. The monoisotopic (exact) mass is 366 g/mol. The van der Waals surface area contributed by atoms with Gasteiger partial charge in [0.25, 0.3) is 0 Å². The van der Waals surface area contributed by atoms with Crippen molar-refractivity contribution < 1.29 is 8.42 Å². The molecule has 6 nitrogen and oxygen atoms in total. The quantitative estimate of drug-likeness (QED) is 0.538. The third-order valence-corrected chi connectivity index (χ3v) is 5.17. The molecule has 0 unspecified atom stereocenters. The second kappa shape index (κ2) is 8.27. The first-order chi connectivity index (χ1) is 11.4. The van der Waals surface area contributed by atoms with E-state index in [9.17, 15) is 8.42 Å². The van der Waals surface area contributed by atoms with Crippen molar-refractivity contribution in [3.8, 4) is 0 Å². The van der Waals surface area contributed by atoms with E-state index < -0.39 is 10.0 Å². The van der Waals surface area contributed by atoms with Gasteiger partial charge in [0.15, 0.2) is 5.96 Å². The van der Waals surface area contributed by atoms with Crippen LogP contribution in [0.3, 0.4) is 0 Å². The van der Waals surface area contributed by atoms with E-state index in [0.717, 1.165) is 18.1 Å². The van der Waals surface area contributed by atoms with E-state index in [0.29, 0.717) is 13.1 Å². The highest BCUT2D eigenvalue weighted by Crippen LogP contribution is 2.14. The fourth-order valence-electron chi connectivity index (χ4n) is 2.05. The maximum atomic E-state index is 11.2. The van der Waals surface area contributed by atoms with Gasteiger partial charge in [-0.3, -0.25) is 0 Å². The number of aryl methyl sites for hydroxylation is 1. The highest BCUT2D eigenvalue weighted by molar-refractivity contribution is 7.89. The molecule has 0 amide bonds. The van der Waals surface area contributed by atoms with Gasteiger partial charge in [0.2, 0.25) is 10.0 Å². The Hall–Kier alpha value is -1.90. The number of nitrogens with one attached hydrogen (secondary N) is 2. The Morgan fingerprint density at radius 1 is 1.17 bits per heavy atom. The number of aliphatic imine (C=N–C) groups is 1. The van der Waals surface area contributed by atoms with Crippen LogP contribution in [0.15, 0.2) is 46.3 Å². The normalized spacial score (nSPS) is 12.2. The molecule has 0 saturated carbocycles. The van der Waals surface area contributed by atoms with Gasteiger partial charge in [-0.1, -0.05) is 12.1 Å². The summed E-state index contributed by atoms with van der Waals surface area (Å²) in [6, 6.07) is 10.6. The number of nitrogens with zero attached hydrogens (tertiary/aromatic N) is 1. The SMILES string of the molecule is CCNC(=NCc1ccc(S(N)(=O)=O)cc1)NCc1ccc(C)s1. The van der Waals surface area contributed by atoms with E-state index in [1.165, 1.54) is 21.9 Å². The summed E-state index contributed by atoms with van der Waals surface area (Å²) in [5.74, 6) is 0.721. The van der Waals surface area contributed by atoms with Crippen molar-refractivity contribution in [2.45, 2.75) is 31.8 Å². The van der Waals surface area contributed by atoms with E-state index in [1.54, 1.807) is 23.5 Å². The lowest BCUT2D eigenvalue weighted by atomic mass is 10.2. The molecule has 24 heavy (non-hydrogen) atoms. The predicted octanol–water partition coefficient (Wildman–Crippen LogP) is 1.96. The molecule has 2 aromatic rings. The molecule has 1 aromatic carbocycles. The molecule has 1 aromatic heterocycles. The number of guanidine groups is 1. The fourth-order valence-corrected chi connectivity index (χ4v) is 3.39. The number of rotatable bonds is 6. The largest absolute Gasteiger partial charge is 0.357 e. The summed E-state index contributed by atoms with van der Waals surface area (Å²) in [6.45, 7) is 6.02. The molecule has 1 heterocycles. The van der Waals surface area contributed by atoms with Crippen molar-refractivity contribution in [3.05, 3.63) is 51.7 Å². The molecule has 0 atom stereocenters. The number of hydrogen-bond donors (Lipinski definition) is 3. The summed E-state index contributed by atoms with van der Waals surface area (Å²) in [6.07, 6.45) is 0. The van der Waals surface area contributed by atoms with Crippen LogP contribution >= 0.6 is 11.3 Å². The van der Waals surface area contributed by atoms with Gasteiger partial charge >= 0.3 is 0 Å². The van der Waals surface area contributed by atoms with E-state index in [4.69, 9.17) is 5.14 Å². The second-order valence-electron chi connectivity index (χ2n) is 5.25. The summed E-state index contributed by atoms with van der Waals surface area (Å²) < 4.78 is 22.5. The van der Waals surface area contributed by atoms with Gasteiger partial charge < -0.3 is 10.6 Å². The summed E-state index contributed by atoms with van der Waals surface area (Å²) in [4.78, 5) is 7.15. The summed E-state index contributed by atoms with van der Waals surface area (Å²) in [5, 5.41) is 11.6. The number of primary sulfonamides is 1. The van der Waals surface area contributed by atoms with Crippen molar-refractivity contribution in [2.24, 2.45) is 10.1 Å². The Balaban J connectivity index is 1.99. The Kier molecular flexibility index (Phi) is 6.36. The molecule has 0 bridgehead atoms. The van der Waals surface area contributed by atoms with Gasteiger partial charge in [0.1, 0.15) is 0 Å². The molecule has 0 aliphatic carbocycles. The first-order valence-electron chi connectivity index (χ1n) is 7.57. The van der Waals surface area contributed by atoms with E-state index in [1.807, 2.05) is 6.92 Å². The zero-order chi connectivity index (χ0) is 17.6. The third kappa shape index (κ3) is 5.63. The van der Waals surface area contributed by atoms with Crippen LogP contribution in [-0.4, -0.2) is 20.9 Å². The highest BCUT2D eigenvalue weighted by atomic mass is 32.2. The first kappa shape index (κ1) is 18.4. The number of hydrogen-bond acceptors (Lipinski definition) is 4. The Labute approximate surface area is 146 Å². The second-order valence-corrected chi connectivity index (χ2v) is 8.18. The van der Waals surface area contributed by atoms with Gasteiger partial charge in [-0.2, -0.15) is 0 Å². The third-order valence-electron chi connectivity index (χ3n) is 3.24. The average molecular weight is 367 g/mol. The molecular weight excluding hydrogens is 344 g/mol. The Morgan fingerprint density at radius 2 is 1.88 bits per heavy atom. The molecule has 0 saturated heterocycles. The maximum Gasteiger partial charge on any atom is 0.238 e. The number of sulfonamides is 1. The van der Waals surface area contributed by atoms with Crippen LogP contribution in [0.4, 0.5) is 0 Å². The van der Waals surface area contributed by atoms with E-state index >= 15 is 0 Å². The van der Waals surface area contributed by atoms with Crippen LogP contribution in [0.1, 0.15) is 22.2 Å². The van der Waals surface area contributed by atoms with Crippen LogP contribution in [0.2, 0.25) is 0 Å². The van der Waals surface area contributed by atoms with Gasteiger partial charge in [-0.05, 0) is 43.7 Å². The number of thiophene rings is 1. The molecule has 0 spiro atoms. The topological polar surface area (TPSA) is 96.6 Å². The molecule has 0 fully saturated rings. The van der Waals surface area contributed by atoms with Gasteiger partial charge in [0, 0.05) is 16.3 Å². The molecule has 0 radical (unpaired) electrons. The van der Waals surface area contributed by atoms with Crippen LogP contribution in [0.5, 0.6) is 0 Å². The lowest BCUT2D eigenvalue weighted by molar-refractivity contribution is 0.598. The Morgan fingerprint density at radius 3 is 2.42 bits per heavy atom. The number of nitrogens with two attached hydrogens (primary N) is 1. The lowest BCUT2D eigenvalue weighted by Gasteiger charge is -2.10. The van der Waals surface area contributed by atoms with E-state index in [2.05, 4.69) is 34.7 Å². The van der Waals surface area contributed by atoms with Gasteiger partial charge in [0.05, 0.1) is 18.0 Å². The molecule has 130 valence electrons. The maximum absolute atomic E-state index is 11.2. The van der Waals surface area contributed by atoms with Crippen LogP contribution in [-0.2, 0) is 23.1 Å². The molecule has 2 rings (SSSR count). The van der Waals surface area contributed by atoms with Crippen molar-refractivity contribution in [1.29, 1.82) is 0 Å². The van der Waals surface area contributed by atoms with Crippen LogP contribution < -0.4 is 15.8 Å². The average Bonchev–Trinajstić information content (AvgIpc) is 2.95. The highest BCUT2D eigenvalue weighted by Gasteiger charge is 2.06. The van der Waals surface area contributed by atoms with Crippen molar-refractivity contribution in [3.63, 3.8) is 0 Å². The zero-order valence-electron chi connectivity index (χ0n) is 13.7. The lowest BCUT2D eigenvalue weighted by Crippen LogP contribution is -2.36. The smallest absolute Gasteiger partial charge is 0.238 e. The van der Waals surface area contributed by atoms with Crippen molar-refractivity contribution >= 4 is 27.3 Å². The standard InChI is InChI=1S/C16H22N4O2S2/c1-3-18-16(20-11-14-7-4-12(2)23-14)19-10-13-5-8-15(9-6-13)24(17,21)22/h4-9H,3,10-11H2,1-2H3,(H2,17,21,22)(H2,18,19,20).